The van der Waals surface area contributed by atoms with Crippen LogP contribution in [-0.2, 0) is 17.6 Å². The highest BCUT2D eigenvalue weighted by Crippen LogP contribution is 2.28. The van der Waals surface area contributed by atoms with Crippen molar-refractivity contribution in [2.24, 2.45) is 0 Å². The highest BCUT2D eigenvalue weighted by atomic mass is 16.7. The third-order valence-corrected chi connectivity index (χ3v) is 5.11. The van der Waals surface area contributed by atoms with Gasteiger partial charge in [-0.2, -0.15) is 0 Å². The summed E-state index contributed by atoms with van der Waals surface area (Å²) in [6.07, 6.45) is -4.44. The van der Waals surface area contributed by atoms with Gasteiger partial charge >= 0.3 is 0 Å². The predicted octanol–water partition coefficient (Wildman–Crippen LogP) is 0.381. The van der Waals surface area contributed by atoms with Gasteiger partial charge in [-0.1, -0.05) is 42.5 Å². The van der Waals surface area contributed by atoms with Gasteiger partial charge in [-0.15, -0.1) is 0 Å². The topological polar surface area (TPSA) is 120 Å². The average Bonchev–Trinajstić information content (AvgIpc) is 2.75. The minimum absolute atomic E-state index is 0.171. The molecule has 1 fully saturated rings. The summed E-state index contributed by atoms with van der Waals surface area (Å²) in [5.41, 5.74) is 3.10. The van der Waals surface area contributed by atoms with E-state index < -0.39 is 37.3 Å². The van der Waals surface area contributed by atoms with Gasteiger partial charge in [0.2, 0.25) is 6.29 Å². The molecule has 5 atom stereocenters. The fourth-order valence-electron chi connectivity index (χ4n) is 3.38. The molecule has 7 heteroatoms. The second-order valence-electron chi connectivity index (χ2n) is 7.24. The summed E-state index contributed by atoms with van der Waals surface area (Å²) < 4.78 is 11.3. The molecule has 0 radical (unpaired) electrons. The summed E-state index contributed by atoms with van der Waals surface area (Å²) >= 11 is 0. The predicted molar refractivity (Wildman–Crippen MR) is 105 cm³/mol. The molecule has 1 aliphatic heterocycles. The lowest BCUT2D eigenvalue weighted by Crippen LogP contribution is -2.60. The van der Waals surface area contributed by atoms with Crippen LogP contribution in [0.15, 0.2) is 48.5 Å². The van der Waals surface area contributed by atoms with E-state index in [4.69, 9.17) is 14.6 Å². The lowest BCUT2D eigenvalue weighted by atomic mass is 9.99. The Balaban J connectivity index is 1.72. The standard InChI is InChI=1S/C22H28O7/c23-11-3-4-14-7-9-15(10-8-14)12-16-5-1-2-6-17(16)28-22-21(27)20(26)19(25)18(13-24)29-22/h1-2,5-10,18-27H,3-4,11-13H2/t18-,19-,20+,21-,22-/m1/s1. The number of aliphatic hydroxyl groups excluding tert-OH is 5. The van der Waals surface area contributed by atoms with Gasteiger partial charge in [-0.25, -0.2) is 0 Å². The maximum Gasteiger partial charge on any atom is 0.229 e. The van der Waals surface area contributed by atoms with Gasteiger partial charge in [-0.05, 0) is 35.6 Å². The summed E-state index contributed by atoms with van der Waals surface area (Å²) in [5.74, 6) is 0.487. The van der Waals surface area contributed by atoms with Crippen LogP contribution in [0, 0.1) is 0 Å². The molecule has 0 aliphatic carbocycles. The number of aliphatic hydroxyl groups is 5. The van der Waals surface area contributed by atoms with Gasteiger partial charge in [0.15, 0.2) is 0 Å². The van der Waals surface area contributed by atoms with E-state index >= 15 is 0 Å². The molecule has 3 rings (SSSR count). The summed E-state index contributed by atoms with van der Waals surface area (Å²) in [5, 5.41) is 48.3. The zero-order valence-electron chi connectivity index (χ0n) is 16.1. The number of benzene rings is 2. The Bertz CT molecular complexity index is 762. The van der Waals surface area contributed by atoms with Crippen molar-refractivity contribution < 1.29 is 35.0 Å². The van der Waals surface area contributed by atoms with E-state index in [1.54, 1.807) is 12.1 Å². The smallest absolute Gasteiger partial charge is 0.229 e. The number of aryl methyl sites for hydroxylation is 1. The molecule has 0 saturated carbocycles. The van der Waals surface area contributed by atoms with Crippen LogP contribution < -0.4 is 4.74 Å². The van der Waals surface area contributed by atoms with E-state index in [1.165, 1.54) is 0 Å². The van der Waals surface area contributed by atoms with Crippen LogP contribution in [0.4, 0.5) is 0 Å². The fourth-order valence-corrected chi connectivity index (χ4v) is 3.38. The quantitative estimate of drug-likeness (QED) is 0.432. The minimum atomic E-state index is -1.48. The molecule has 0 amide bonds. The van der Waals surface area contributed by atoms with Crippen LogP contribution in [0.5, 0.6) is 5.75 Å². The molecule has 0 aromatic heterocycles. The zero-order chi connectivity index (χ0) is 20.8. The SMILES string of the molecule is OCCCc1ccc(Cc2ccccc2O[C@@H]2O[C@H](CO)[C@@H](O)[C@H](O)[C@H]2O)cc1. The van der Waals surface area contributed by atoms with Crippen molar-refractivity contribution in [3.63, 3.8) is 0 Å². The van der Waals surface area contributed by atoms with Crippen molar-refractivity contribution in [1.82, 2.24) is 0 Å². The molecule has 1 heterocycles. The molecule has 7 nitrogen and oxygen atoms in total. The second kappa shape index (κ2) is 10.2. The molecule has 1 saturated heterocycles. The molecular weight excluding hydrogens is 376 g/mol. The molecule has 158 valence electrons. The van der Waals surface area contributed by atoms with Crippen molar-refractivity contribution in [2.75, 3.05) is 13.2 Å². The van der Waals surface area contributed by atoms with Gasteiger partial charge < -0.3 is 35.0 Å². The molecule has 0 bridgehead atoms. The summed E-state index contributed by atoms with van der Waals surface area (Å²) in [7, 11) is 0. The number of rotatable bonds is 8. The van der Waals surface area contributed by atoms with Crippen molar-refractivity contribution >= 4 is 0 Å². The lowest BCUT2D eigenvalue weighted by Gasteiger charge is -2.39. The van der Waals surface area contributed by atoms with Crippen LogP contribution >= 0.6 is 0 Å². The Kier molecular flexibility index (Phi) is 7.60. The van der Waals surface area contributed by atoms with Crippen LogP contribution in [0.2, 0.25) is 0 Å². The average molecular weight is 404 g/mol. The summed E-state index contributed by atoms with van der Waals surface area (Å²) in [4.78, 5) is 0. The number of hydrogen-bond acceptors (Lipinski definition) is 7. The molecule has 2 aromatic carbocycles. The fraction of sp³-hybridized carbons (Fsp3) is 0.455. The zero-order valence-corrected chi connectivity index (χ0v) is 16.1. The maximum absolute atomic E-state index is 10.2. The van der Waals surface area contributed by atoms with Crippen molar-refractivity contribution in [3.8, 4) is 5.75 Å². The number of ether oxygens (including phenoxy) is 2. The van der Waals surface area contributed by atoms with Gasteiger partial charge in [0.25, 0.3) is 0 Å². The van der Waals surface area contributed by atoms with Crippen LogP contribution in [0.3, 0.4) is 0 Å². The van der Waals surface area contributed by atoms with Gasteiger partial charge in [0, 0.05) is 13.0 Å². The van der Waals surface area contributed by atoms with E-state index in [2.05, 4.69) is 0 Å². The lowest BCUT2D eigenvalue weighted by molar-refractivity contribution is -0.277. The molecule has 5 N–H and O–H groups in total. The van der Waals surface area contributed by atoms with Gasteiger partial charge in [0.1, 0.15) is 30.2 Å². The Morgan fingerprint density at radius 3 is 2.21 bits per heavy atom. The molecular formula is C22H28O7. The highest BCUT2D eigenvalue weighted by Gasteiger charge is 2.44. The van der Waals surface area contributed by atoms with Crippen LogP contribution in [0.1, 0.15) is 23.1 Å². The van der Waals surface area contributed by atoms with E-state index in [9.17, 15) is 20.4 Å². The normalized spacial score (nSPS) is 27.0. The Morgan fingerprint density at radius 1 is 0.828 bits per heavy atom. The Labute approximate surface area is 169 Å². The number of para-hydroxylation sites is 1. The van der Waals surface area contributed by atoms with Gasteiger partial charge in [0.05, 0.1) is 6.61 Å². The largest absolute Gasteiger partial charge is 0.462 e. The Morgan fingerprint density at radius 2 is 1.52 bits per heavy atom. The first kappa shape index (κ1) is 21.7. The monoisotopic (exact) mass is 404 g/mol. The maximum atomic E-state index is 10.2. The molecule has 0 unspecified atom stereocenters. The molecule has 2 aromatic rings. The van der Waals surface area contributed by atoms with Crippen molar-refractivity contribution in [2.45, 2.75) is 50.0 Å². The number of hydrogen-bond donors (Lipinski definition) is 5. The highest BCUT2D eigenvalue weighted by molar-refractivity contribution is 5.38. The third kappa shape index (κ3) is 5.33. The molecule has 0 spiro atoms. The molecule has 1 aliphatic rings. The summed E-state index contributed by atoms with van der Waals surface area (Å²) in [6, 6.07) is 15.4. The minimum Gasteiger partial charge on any atom is -0.462 e. The van der Waals surface area contributed by atoms with Crippen molar-refractivity contribution in [1.29, 1.82) is 0 Å². The van der Waals surface area contributed by atoms with E-state index in [-0.39, 0.29) is 6.61 Å². The van der Waals surface area contributed by atoms with Gasteiger partial charge in [-0.3, -0.25) is 0 Å². The first-order valence-electron chi connectivity index (χ1n) is 9.77. The first-order valence-corrected chi connectivity index (χ1v) is 9.77. The molecule has 29 heavy (non-hydrogen) atoms. The third-order valence-electron chi connectivity index (χ3n) is 5.11. The van der Waals surface area contributed by atoms with Crippen molar-refractivity contribution in [3.05, 3.63) is 65.2 Å². The van der Waals surface area contributed by atoms with Crippen LogP contribution in [-0.4, -0.2) is 69.5 Å². The summed E-state index contributed by atoms with van der Waals surface area (Å²) in [6.45, 7) is -0.334. The van der Waals surface area contributed by atoms with E-state index in [1.807, 2.05) is 36.4 Å². The Hall–Kier alpha value is -2.00. The van der Waals surface area contributed by atoms with Crippen LogP contribution in [0.25, 0.3) is 0 Å². The second-order valence-corrected chi connectivity index (χ2v) is 7.24. The van der Waals surface area contributed by atoms with E-state index in [0.29, 0.717) is 12.2 Å². The van der Waals surface area contributed by atoms with E-state index in [0.717, 1.165) is 29.5 Å². The first-order chi connectivity index (χ1) is 14.0.